The number of aromatic nitrogens is 2. The molecule has 2 fully saturated rings. The molecule has 0 N–H and O–H groups in total. The smallest absolute Gasteiger partial charge is 0.267 e. The zero-order valence-corrected chi connectivity index (χ0v) is 16.3. The van der Waals surface area contributed by atoms with E-state index in [2.05, 4.69) is 16.8 Å². The van der Waals surface area contributed by atoms with Crippen LogP contribution in [0, 0.1) is 5.92 Å². The normalized spacial score (nSPS) is 26.0. The van der Waals surface area contributed by atoms with Crippen LogP contribution < -0.4 is 5.56 Å². The van der Waals surface area contributed by atoms with Crippen molar-refractivity contribution in [2.24, 2.45) is 5.92 Å². The van der Waals surface area contributed by atoms with Crippen molar-refractivity contribution in [2.45, 2.75) is 70.4 Å². The predicted molar refractivity (Wildman–Crippen MR) is 105 cm³/mol. The third kappa shape index (κ3) is 4.20. The summed E-state index contributed by atoms with van der Waals surface area (Å²) in [6, 6.07) is 2.60. The number of hydrogen-bond acceptors (Lipinski definition) is 4. The molecule has 1 aliphatic carbocycles. The molecule has 5 heteroatoms. The second-order valence-corrected chi connectivity index (χ2v) is 8.72. The highest BCUT2D eigenvalue weighted by molar-refractivity contribution is 5.20. The van der Waals surface area contributed by atoms with Crippen molar-refractivity contribution < 1.29 is 0 Å². The highest BCUT2D eigenvalue weighted by Gasteiger charge is 2.25. The van der Waals surface area contributed by atoms with E-state index in [0.29, 0.717) is 5.92 Å². The van der Waals surface area contributed by atoms with Gasteiger partial charge in [-0.15, -0.1) is 0 Å². The molecule has 0 spiro atoms. The summed E-state index contributed by atoms with van der Waals surface area (Å²) >= 11 is 0. The first-order chi connectivity index (χ1) is 12.7. The average Bonchev–Trinajstić information content (AvgIpc) is 2.66. The Kier molecular flexibility index (Phi) is 5.75. The lowest BCUT2D eigenvalue weighted by molar-refractivity contribution is 0.0995. The summed E-state index contributed by atoms with van der Waals surface area (Å²) in [6.45, 7) is 5.64. The SMILES string of the molecule is CN1CCCCC1CN1CCC(Cn2nc3c(cc2=O)CCCC3)CC1. The van der Waals surface area contributed by atoms with Gasteiger partial charge in [-0.1, -0.05) is 6.42 Å². The van der Waals surface area contributed by atoms with Crippen LogP contribution in [0.25, 0.3) is 0 Å². The van der Waals surface area contributed by atoms with Crippen molar-refractivity contribution in [1.29, 1.82) is 0 Å². The fourth-order valence-electron chi connectivity index (χ4n) is 5.00. The molecule has 0 saturated carbocycles. The van der Waals surface area contributed by atoms with Crippen LogP contribution in [0.5, 0.6) is 0 Å². The predicted octanol–water partition coefficient (Wildman–Crippen LogP) is 2.32. The molecule has 1 unspecified atom stereocenters. The first kappa shape index (κ1) is 18.2. The van der Waals surface area contributed by atoms with Crippen LogP contribution in [-0.4, -0.2) is 58.8 Å². The Hall–Kier alpha value is -1.20. The van der Waals surface area contributed by atoms with Crippen LogP contribution in [-0.2, 0) is 19.4 Å². The van der Waals surface area contributed by atoms with Gasteiger partial charge in [-0.05, 0) is 89.5 Å². The van der Waals surface area contributed by atoms with E-state index >= 15 is 0 Å². The minimum absolute atomic E-state index is 0.108. The molecule has 0 bridgehead atoms. The summed E-state index contributed by atoms with van der Waals surface area (Å²) in [4.78, 5) is 17.6. The van der Waals surface area contributed by atoms with Gasteiger partial charge in [0.25, 0.3) is 5.56 Å². The molecular weight excluding hydrogens is 324 g/mol. The molecule has 0 amide bonds. The highest BCUT2D eigenvalue weighted by Crippen LogP contribution is 2.22. The third-order valence-electron chi connectivity index (χ3n) is 6.80. The van der Waals surface area contributed by atoms with Crippen LogP contribution in [0.3, 0.4) is 0 Å². The standard InChI is InChI=1S/C21H34N4O/c1-23-11-5-4-7-19(23)16-24-12-9-17(10-13-24)15-25-21(26)14-18-6-2-3-8-20(18)22-25/h14,17,19H,2-13,15-16H2,1H3. The molecule has 26 heavy (non-hydrogen) atoms. The van der Waals surface area contributed by atoms with Crippen molar-refractivity contribution >= 4 is 0 Å². The molecule has 2 aliphatic heterocycles. The minimum atomic E-state index is 0.108. The van der Waals surface area contributed by atoms with Crippen LogP contribution in [0.1, 0.15) is 56.2 Å². The summed E-state index contributed by atoms with van der Waals surface area (Å²) in [7, 11) is 2.28. The fourth-order valence-corrected chi connectivity index (χ4v) is 5.00. The molecule has 1 atom stereocenters. The van der Waals surface area contributed by atoms with E-state index in [1.54, 1.807) is 4.68 Å². The Labute approximate surface area is 157 Å². The van der Waals surface area contributed by atoms with Gasteiger partial charge in [0.2, 0.25) is 0 Å². The fraction of sp³-hybridized carbons (Fsp3) is 0.810. The van der Waals surface area contributed by atoms with Crippen molar-refractivity contribution in [3.8, 4) is 0 Å². The van der Waals surface area contributed by atoms with Crippen LogP contribution in [0.15, 0.2) is 10.9 Å². The second kappa shape index (κ2) is 8.22. The van der Waals surface area contributed by atoms with E-state index < -0.39 is 0 Å². The maximum Gasteiger partial charge on any atom is 0.267 e. The lowest BCUT2D eigenvalue weighted by atomic mass is 9.95. The molecule has 4 rings (SSSR count). The molecule has 1 aromatic heterocycles. The van der Waals surface area contributed by atoms with Crippen molar-refractivity contribution in [1.82, 2.24) is 19.6 Å². The van der Waals surface area contributed by atoms with Crippen molar-refractivity contribution in [3.05, 3.63) is 27.7 Å². The number of rotatable bonds is 4. The van der Waals surface area contributed by atoms with Crippen molar-refractivity contribution in [3.63, 3.8) is 0 Å². The van der Waals surface area contributed by atoms with E-state index in [9.17, 15) is 4.79 Å². The Balaban J connectivity index is 1.30. The number of fused-ring (bicyclic) bond motifs is 1. The number of likely N-dealkylation sites (N-methyl/N-ethyl adjacent to an activating group) is 1. The van der Waals surface area contributed by atoms with Gasteiger partial charge < -0.3 is 9.80 Å². The zero-order valence-electron chi connectivity index (χ0n) is 16.3. The Morgan fingerprint density at radius 2 is 1.81 bits per heavy atom. The van der Waals surface area contributed by atoms with Gasteiger partial charge in [0.05, 0.1) is 5.69 Å². The largest absolute Gasteiger partial charge is 0.302 e. The summed E-state index contributed by atoms with van der Waals surface area (Å²) in [5.74, 6) is 0.599. The Morgan fingerprint density at radius 1 is 1.00 bits per heavy atom. The summed E-state index contributed by atoms with van der Waals surface area (Å²) < 4.78 is 1.76. The number of hydrogen-bond donors (Lipinski definition) is 0. The van der Waals surface area contributed by atoms with E-state index in [0.717, 1.165) is 25.4 Å². The average molecular weight is 359 g/mol. The van der Waals surface area contributed by atoms with Crippen LogP contribution in [0.4, 0.5) is 0 Å². The zero-order chi connectivity index (χ0) is 17.9. The second-order valence-electron chi connectivity index (χ2n) is 8.72. The van der Waals surface area contributed by atoms with Gasteiger partial charge in [-0.3, -0.25) is 4.79 Å². The molecule has 3 heterocycles. The van der Waals surface area contributed by atoms with E-state index in [4.69, 9.17) is 5.10 Å². The minimum Gasteiger partial charge on any atom is -0.302 e. The number of likely N-dealkylation sites (tertiary alicyclic amines) is 2. The van der Waals surface area contributed by atoms with E-state index in [1.807, 2.05) is 6.07 Å². The lowest BCUT2D eigenvalue weighted by Crippen LogP contribution is -2.47. The summed E-state index contributed by atoms with van der Waals surface area (Å²) in [5, 5.41) is 4.71. The lowest BCUT2D eigenvalue weighted by Gasteiger charge is -2.39. The molecule has 1 aromatic rings. The first-order valence-corrected chi connectivity index (χ1v) is 10.7. The van der Waals surface area contributed by atoms with E-state index in [-0.39, 0.29) is 5.56 Å². The molecular formula is C21H34N4O. The number of nitrogens with zero attached hydrogens (tertiary/aromatic N) is 4. The summed E-state index contributed by atoms with van der Waals surface area (Å²) in [5.41, 5.74) is 2.48. The van der Waals surface area contributed by atoms with Gasteiger partial charge in [0, 0.05) is 25.2 Å². The maximum absolute atomic E-state index is 12.4. The molecule has 2 saturated heterocycles. The van der Waals surface area contributed by atoms with Gasteiger partial charge in [0.15, 0.2) is 0 Å². The molecule has 144 valence electrons. The highest BCUT2D eigenvalue weighted by atomic mass is 16.1. The van der Waals surface area contributed by atoms with Gasteiger partial charge in [-0.25, -0.2) is 4.68 Å². The monoisotopic (exact) mass is 358 g/mol. The molecule has 5 nitrogen and oxygen atoms in total. The molecule has 3 aliphatic rings. The van der Waals surface area contributed by atoms with Crippen molar-refractivity contribution in [2.75, 3.05) is 33.2 Å². The quantitative estimate of drug-likeness (QED) is 0.828. The Morgan fingerprint density at radius 3 is 2.62 bits per heavy atom. The maximum atomic E-state index is 12.4. The first-order valence-electron chi connectivity index (χ1n) is 10.7. The van der Waals surface area contributed by atoms with Gasteiger partial charge in [0.1, 0.15) is 0 Å². The number of aryl methyl sites for hydroxylation is 2. The molecule has 0 radical (unpaired) electrons. The van der Waals surface area contributed by atoms with Gasteiger partial charge in [-0.2, -0.15) is 5.10 Å². The van der Waals surface area contributed by atoms with Gasteiger partial charge >= 0.3 is 0 Å². The van der Waals surface area contributed by atoms with E-state index in [1.165, 1.54) is 82.4 Å². The summed E-state index contributed by atoms with van der Waals surface area (Å²) in [6.07, 6.45) is 11.0. The van der Waals surface area contributed by atoms with Crippen LogP contribution >= 0.6 is 0 Å². The Bertz CT molecular complexity index is 662. The number of piperidine rings is 2. The molecule has 0 aromatic carbocycles. The third-order valence-corrected chi connectivity index (χ3v) is 6.80. The topological polar surface area (TPSA) is 41.4 Å². The van der Waals surface area contributed by atoms with Crippen LogP contribution in [0.2, 0.25) is 0 Å².